The van der Waals surface area contributed by atoms with Gasteiger partial charge >= 0.3 is 0 Å². The van der Waals surface area contributed by atoms with Gasteiger partial charge in [0.25, 0.3) is 5.91 Å². The van der Waals surface area contributed by atoms with E-state index in [9.17, 15) is 9.59 Å². The van der Waals surface area contributed by atoms with Gasteiger partial charge in [0.15, 0.2) is 12.4 Å². The van der Waals surface area contributed by atoms with E-state index in [-0.39, 0.29) is 18.3 Å². The van der Waals surface area contributed by atoms with Crippen LogP contribution in [0.1, 0.15) is 48.5 Å². The zero-order valence-electron chi connectivity index (χ0n) is 17.1. The Bertz CT molecular complexity index is 790. The second kappa shape index (κ2) is 10.8. The summed E-state index contributed by atoms with van der Waals surface area (Å²) in [5.74, 6) is 0.571. The number of piperidine rings is 1. The molecule has 1 aliphatic rings. The van der Waals surface area contributed by atoms with E-state index in [1.54, 1.807) is 24.3 Å². The summed E-state index contributed by atoms with van der Waals surface area (Å²) in [5.41, 5.74) is 1.97. The maximum atomic E-state index is 12.2. The van der Waals surface area contributed by atoms with Gasteiger partial charge in [-0.15, -0.1) is 0 Å². The van der Waals surface area contributed by atoms with Crippen molar-refractivity contribution in [3.8, 4) is 5.75 Å². The van der Waals surface area contributed by atoms with Gasteiger partial charge in [-0.05, 0) is 49.2 Å². The first kappa shape index (κ1) is 21.1. The minimum Gasteiger partial charge on any atom is -0.484 e. The minimum absolute atomic E-state index is 0.0214. The summed E-state index contributed by atoms with van der Waals surface area (Å²) in [6, 6.07) is 17.8. The number of Topliss-reactive ketones (excluding diaryl/α,β-unsaturated/α-hetero) is 1. The van der Waals surface area contributed by atoms with Gasteiger partial charge in [-0.1, -0.05) is 43.7 Å². The number of hydrogen-bond donors (Lipinski definition) is 1. The maximum absolute atomic E-state index is 12.2. The Kier molecular flexibility index (Phi) is 7.82. The predicted molar refractivity (Wildman–Crippen MR) is 114 cm³/mol. The van der Waals surface area contributed by atoms with Crippen LogP contribution in [0.5, 0.6) is 5.75 Å². The predicted octanol–water partition coefficient (Wildman–Crippen LogP) is 3.83. The lowest BCUT2D eigenvalue weighted by Gasteiger charge is -2.35. The van der Waals surface area contributed by atoms with E-state index in [1.165, 1.54) is 18.4 Å². The number of nitrogens with zero attached hydrogens (tertiary/aromatic N) is 1. The third-order valence-electron chi connectivity index (χ3n) is 5.38. The molecule has 2 aromatic carbocycles. The van der Waals surface area contributed by atoms with Crippen molar-refractivity contribution in [2.24, 2.45) is 0 Å². The number of ketones is 1. The van der Waals surface area contributed by atoms with Gasteiger partial charge in [0.1, 0.15) is 5.75 Å². The Morgan fingerprint density at radius 3 is 2.55 bits per heavy atom. The fourth-order valence-electron chi connectivity index (χ4n) is 3.69. The van der Waals surface area contributed by atoms with Crippen LogP contribution in [0.15, 0.2) is 54.6 Å². The molecule has 1 N–H and O–H groups in total. The average Bonchev–Trinajstić information content (AvgIpc) is 2.77. The van der Waals surface area contributed by atoms with E-state index in [4.69, 9.17) is 4.74 Å². The molecule has 5 heteroatoms. The fraction of sp³-hybridized carbons (Fsp3) is 0.417. The summed E-state index contributed by atoms with van der Waals surface area (Å²) in [7, 11) is 0. The summed E-state index contributed by atoms with van der Waals surface area (Å²) in [5, 5.41) is 3.02. The molecule has 0 aliphatic carbocycles. The normalized spacial score (nSPS) is 16.9. The molecule has 29 heavy (non-hydrogen) atoms. The van der Waals surface area contributed by atoms with Crippen LogP contribution >= 0.6 is 0 Å². The van der Waals surface area contributed by atoms with Gasteiger partial charge in [0.2, 0.25) is 0 Å². The van der Waals surface area contributed by atoms with Crippen molar-refractivity contribution in [2.75, 3.05) is 19.7 Å². The molecule has 1 unspecified atom stereocenters. The molecule has 3 rings (SSSR count). The van der Waals surface area contributed by atoms with Crippen LogP contribution in [-0.2, 0) is 11.3 Å². The molecule has 1 aliphatic heterocycles. The summed E-state index contributed by atoms with van der Waals surface area (Å²) in [4.78, 5) is 26.4. The molecule has 5 nitrogen and oxygen atoms in total. The number of ether oxygens (including phenoxy) is 1. The SMILES string of the molecule is CCC(=O)c1ccc(OCC(=O)NCC2CCCCN2Cc2ccccc2)cc1. The molecule has 0 saturated carbocycles. The van der Waals surface area contributed by atoms with Gasteiger partial charge in [0, 0.05) is 31.1 Å². The van der Waals surface area contributed by atoms with E-state index in [0.717, 1.165) is 19.5 Å². The number of carbonyl (C=O) groups is 2. The van der Waals surface area contributed by atoms with Crippen molar-refractivity contribution < 1.29 is 14.3 Å². The van der Waals surface area contributed by atoms with E-state index >= 15 is 0 Å². The molecule has 0 aromatic heterocycles. The number of benzene rings is 2. The second-order valence-corrected chi connectivity index (χ2v) is 7.50. The minimum atomic E-state index is -0.121. The highest BCUT2D eigenvalue weighted by Crippen LogP contribution is 2.19. The summed E-state index contributed by atoms with van der Waals surface area (Å²) >= 11 is 0. The molecule has 0 spiro atoms. The number of rotatable bonds is 9. The maximum Gasteiger partial charge on any atom is 0.257 e. The van der Waals surface area contributed by atoms with Crippen molar-refractivity contribution in [3.05, 3.63) is 65.7 Å². The third-order valence-corrected chi connectivity index (χ3v) is 5.38. The largest absolute Gasteiger partial charge is 0.484 e. The van der Waals surface area contributed by atoms with Crippen LogP contribution in [0.2, 0.25) is 0 Å². The van der Waals surface area contributed by atoms with Crippen molar-refractivity contribution >= 4 is 11.7 Å². The van der Waals surface area contributed by atoms with Crippen LogP contribution in [0, 0.1) is 0 Å². The van der Waals surface area contributed by atoms with Gasteiger partial charge in [-0.2, -0.15) is 0 Å². The standard InChI is InChI=1S/C24H30N2O3/c1-2-23(27)20-11-13-22(14-12-20)29-18-24(28)25-16-21-10-6-7-15-26(21)17-19-8-4-3-5-9-19/h3-5,8-9,11-14,21H,2,6-7,10,15-18H2,1H3,(H,25,28). The Hall–Kier alpha value is -2.66. The quantitative estimate of drug-likeness (QED) is 0.657. The zero-order chi connectivity index (χ0) is 20.5. The van der Waals surface area contributed by atoms with Crippen LogP contribution in [0.3, 0.4) is 0 Å². The first-order valence-corrected chi connectivity index (χ1v) is 10.5. The first-order valence-electron chi connectivity index (χ1n) is 10.5. The summed E-state index contributed by atoms with van der Waals surface area (Å²) < 4.78 is 5.56. The monoisotopic (exact) mass is 394 g/mol. The van der Waals surface area contributed by atoms with Crippen LogP contribution in [0.4, 0.5) is 0 Å². The van der Waals surface area contributed by atoms with Crippen molar-refractivity contribution in [3.63, 3.8) is 0 Å². The summed E-state index contributed by atoms with van der Waals surface area (Å²) in [6.07, 6.45) is 3.98. The Balaban J connectivity index is 1.44. The number of carbonyl (C=O) groups excluding carboxylic acids is 2. The molecule has 2 aromatic rings. The van der Waals surface area contributed by atoms with Crippen LogP contribution in [-0.4, -0.2) is 42.3 Å². The molecule has 1 heterocycles. The molecule has 1 amide bonds. The molecule has 1 saturated heterocycles. The van der Waals surface area contributed by atoms with E-state index < -0.39 is 0 Å². The Morgan fingerprint density at radius 1 is 1.07 bits per heavy atom. The fourth-order valence-corrected chi connectivity index (χ4v) is 3.69. The van der Waals surface area contributed by atoms with Gasteiger partial charge in [-0.3, -0.25) is 14.5 Å². The van der Waals surface area contributed by atoms with E-state index in [0.29, 0.717) is 30.3 Å². The Labute approximate surface area is 173 Å². The van der Waals surface area contributed by atoms with Crippen molar-refractivity contribution in [1.82, 2.24) is 10.2 Å². The summed E-state index contributed by atoms with van der Waals surface area (Å²) in [6.45, 7) is 4.44. The smallest absolute Gasteiger partial charge is 0.257 e. The lowest BCUT2D eigenvalue weighted by molar-refractivity contribution is -0.123. The number of amides is 1. The molecular formula is C24H30N2O3. The zero-order valence-corrected chi connectivity index (χ0v) is 17.1. The lowest BCUT2D eigenvalue weighted by atomic mass is 10.0. The van der Waals surface area contributed by atoms with E-state index in [1.807, 2.05) is 13.0 Å². The van der Waals surface area contributed by atoms with Crippen LogP contribution in [0.25, 0.3) is 0 Å². The number of hydrogen-bond acceptors (Lipinski definition) is 4. The number of nitrogens with one attached hydrogen (secondary N) is 1. The van der Waals surface area contributed by atoms with Crippen molar-refractivity contribution in [2.45, 2.75) is 45.2 Å². The topological polar surface area (TPSA) is 58.6 Å². The highest BCUT2D eigenvalue weighted by atomic mass is 16.5. The highest BCUT2D eigenvalue weighted by Gasteiger charge is 2.22. The van der Waals surface area contributed by atoms with Gasteiger partial charge in [0.05, 0.1) is 0 Å². The van der Waals surface area contributed by atoms with Crippen LogP contribution < -0.4 is 10.1 Å². The number of likely N-dealkylation sites (tertiary alicyclic amines) is 1. The molecular weight excluding hydrogens is 364 g/mol. The molecule has 0 bridgehead atoms. The highest BCUT2D eigenvalue weighted by molar-refractivity contribution is 5.95. The average molecular weight is 395 g/mol. The molecule has 154 valence electrons. The van der Waals surface area contributed by atoms with Crippen molar-refractivity contribution in [1.29, 1.82) is 0 Å². The van der Waals surface area contributed by atoms with E-state index in [2.05, 4.69) is 34.5 Å². The molecule has 1 fully saturated rings. The lowest BCUT2D eigenvalue weighted by Crippen LogP contribution is -2.46. The Morgan fingerprint density at radius 2 is 1.83 bits per heavy atom. The molecule has 0 radical (unpaired) electrons. The van der Waals surface area contributed by atoms with Gasteiger partial charge in [-0.25, -0.2) is 0 Å². The first-order chi connectivity index (χ1) is 14.2. The molecule has 1 atom stereocenters. The third kappa shape index (κ3) is 6.43. The second-order valence-electron chi connectivity index (χ2n) is 7.50. The van der Waals surface area contributed by atoms with Gasteiger partial charge < -0.3 is 10.1 Å².